The van der Waals surface area contributed by atoms with Crippen molar-refractivity contribution < 1.29 is 37.0 Å². The number of allylic oxidation sites excluding steroid dienone is 1. The van der Waals surface area contributed by atoms with Gasteiger partial charge < -0.3 is 24.4 Å². The maximum absolute atomic E-state index is 14.3. The summed E-state index contributed by atoms with van der Waals surface area (Å²) in [6.45, 7) is 5.63. The molecule has 3 aliphatic carbocycles. The van der Waals surface area contributed by atoms with Gasteiger partial charge in [0.25, 0.3) is 5.91 Å². The van der Waals surface area contributed by atoms with Gasteiger partial charge in [0.05, 0.1) is 23.9 Å². The number of hydrogen-bond acceptors (Lipinski definition) is 9. The Hall–Kier alpha value is -3.87. The molecule has 13 heteroatoms. The third kappa shape index (κ3) is 6.90. The van der Waals surface area contributed by atoms with Gasteiger partial charge in [-0.2, -0.15) is 0 Å². The number of pyridine rings is 1. The molecule has 0 radical (unpaired) electrons. The van der Waals surface area contributed by atoms with Crippen LogP contribution in [0.2, 0.25) is 0 Å². The molecule has 0 spiro atoms. The number of carbonyl (C=O) groups is 3. The number of ether oxygens (including phenoxy) is 3. The van der Waals surface area contributed by atoms with Crippen molar-refractivity contribution >= 4 is 38.6 Å². The summed E-state index contributed by atoms with van der Waals surface area (Å²) in [5.41, 5.74) is 0.111. The molecule has 51 heavy (non-hydrogen) atoms. The minimum absolute atomic E-state index is 0.0935. The lowest BCUT2D eigenvalue weighted by molar-refractivity contribution is -0.142. The number of aromatic nitrogens is 1. The number of aryl methyl sites for hydroxylation is 1. The molecule has 4 fully saturated rings. The van der Waals surface area contributed by atoms with E-state index in [4.69, 9.17) is 19.2 Å². The third-order valence-electron chi connectivity index (χ3n) is 11.7. The molecule has 276 valence electrons. The normalized spacial score (nSPS) is 30.1. The van der Waals surface area contributed by atoms with E-state index in [2.05, 4.69) is 10.0 Å². The summed E-state index contributed by atoms with van der Waals surface area (Å²) in [5, 5.41) is 3.72. The lowest BCUT2D eigenvalue weighted by Gasteiger charge is -2.28. The molecule has 1 aromatic heterocycles. The quantitative estimate of drug-likeness (QED) is 0.364. The number of hydrogen-bond donors (Lipinski definition) is 2. The van der Waals surface area contributed by atoms with Crippen molar-refractivity contribution in [2.45, 2.75) is 126 Å². The van der Waals surface area contributed by atoms with Crippen molar-refractivity contribution in [1.29, 1.82) is 0 Å². The number of sulfonamides is 1. The molecule has 3 saturated carbocycles. The molecule has 0 unspecified atom stereocenters. The summed E-state index contributed by atoms with van der Waals surface area (Å²) in [4.78, 5) is 48.5. The average molecular weight is 723 g/mol. The van der Waals surface area contributed by atoms with E-state index in [1.807, 2.05) is 38.1 Å². The number of nitrogens with one attached hydrogen (secondary N) is 2. The number of amides is 3. The Balaban J connectivity index is 1.18. The number of methoxy groups -OCH3 is 1. The van der Waals surface area contributed by atoms with Gasteiger partial charge in [-0.1, -0.05) is 31.9 Å². The Labute approximate surface area is 300 Å². The van der Waals surface area contributed by atoms with Crippen molar-refractivity contribution in [3.05, 3.63) is 35.9 Å². The van der Waals surface area contributed by atoms with Crippen LogP contribution in [0.5, 0.6) is 17.4 Å². The number of benzene rings is 1. The van der Waals surface area contributed by atoms with E-state index in [0.29, 0.717) is 42.2 Å². The largest absolute Gasteiger partial charge is 0.496 e. The number of carbonyl (C=O) groups excluding carboxylic acids is 3. The molecular weight excluding hydrogens is 673 g/mol. The van der Waals surface area contributed by atoms with Crippen LogP contribution in [-0.2, 0) is 24.4 Å². The minimum atomic E-state index is -3.92. The lowest BCUT2D eigenvalue weighted by Crippen LogP contribution is -2.57. The molecule has 1 saturated heterocycles. The van der Waals surface area contributed by atoms with Crippen LogP contribution in [0.3, 0.4) is 0 Å². The Morgan fingerprint density at radius 1 is 1.04 bits per heavy atom. The topological polar surface area (TPSA) is 153 Å². The van der Waals surface area contributed by atoms with Crippen LogP contribution in [-0.4, -0.2) is 78.2 Å². The molecular formula is C38H50N4O8S. The van der Waals surface area contributed by atoms with Crippen molar-refractivity contribution in [2.75, 3.05) is 13.7 Å². The first kappa shape index (κ1) is 35.5. The third-order valence-corrected chi connectivity index (χ3v) is 13.9. The molecule has 1 aromatic carbocycles. The monoisotopic (exact) mass is 722 g/mol. The molecule has 3 amide bonds. The second-order valence-electron chi connectivity index (χ2n) is 15.5. The van der Waals surface area contributed by atoms with E-state index in [1.165, 1.54) is 0 Å². The number of fused-ring (bicyclic) bond motifs is 3. The fourth-order valence-electron chi connectivity index (χ4n) is 7.57. The SMILES string of the molecule is COc1ccc2c(O[C@@H]3C[C@H]4C(=O)N[C@]5(C(=O)NS(=O)(=O)C6(C)CC6)C[C@H]5/C=C\CCCCC[C@H](C)C(=O)N4C3)cc(OC3CCC3)nc2c1C. The Morgan fingerprint density at radius 2 is 1.82 bits per heavy atom. The van der Waals surface area contributed by atoms with Crippen LogP contribution < -0.4 is 24.2 Å². The molecule has 3 heterocycles. The Kier molecular flexibility index (Phi) is 9.47. The molecule has 7 rings (SSSR count). The zero-order valence-corrected chi connectivity index (χ0v) is 30.9. The van der Waals surface area contributed by atoms with Crippen LogP contribution in [0.15, 0.2) is 30.4 Å². The summed E-state index contributed by atoms with van der Waals surface area (Å²) in [6.07, 6.45) is 12.2. The Bertz CT molecular complexity index is 1860. The van der Waals surface area contributed by atoms with Crippen LogP contribution in [0.4, 0.5) is 0 Å². The second-order valence-corrected chi connectivity index (χ2v) is 17.7. The van der Waals surface area contributed by atoms with Gasteiger partial charge in [0, 0.05) is 35.3 Å². The zero-order chi connectivity index (χ0) is 36.1. The fourth-order valence-corrected chi connectivity index (χ4v) is 8.88. The highest BCUT2D eigenvalue weighted by Crippen LogP contribution is 2.48. The lowest BCUT2D eigenvalue weighted by atomic mass is 9.96. The molecule has 12 nitrogen and oxygen atoms in total. The standard InChI is InChI=1S/C38H50N4O8S/c1-23-11-8-6-5-7-9-12-25-21-38(25,36(45)41-51(46,47)37(3)17-18-37)40-34(43)29-19-27(22-42(29)35(23)44)49-31-20-32(50-26-13-10-14-26)39-33-24(2)30(48-4)16-15-28(31)33/h9,12,15-16,20,23,25-27,29H,5-8,10-11,13-14,17-19,21-22H2,1-4H3,(H,40,43)(H,41,45)/b12-9-/t23-,25+,27+,29-,38+/m0/s1. The predicted octanol–water partition coefficient (Wildman–Crippen LogP) is 4.86. The summed E-state index contributed by atoms with van der Waals surface area (Å²) in [5.74, 6) is -0.356. The van der Waals surface area contributed by atoms with Crippen molar-refractivity contribution in [3.8, 4) is 17.4 Å². The van der Waals surface area contributed by atoms with Crippen molar-refractivity contribution in [3.63, 3.8) is 0 Å². The van der Waals surface area contributed by atoms with Crippen LogP contribution in [0, 0.1) is 18.8 Å². The average Bonchev–Trinajstić information content (AvgIpc) is 3.96. The highest BCUT2D eigenvalue weighted by molar-refractivity contribution is 7.91. The molecule has 0 bridgehead atoms. The van der Waals surface area contributed by atoms with E-state index in [-0.39, 0.29) is 43.2 Å². The molecule has 2 N–H and O–H groups in total. The van der Waals surface area contributed by atoms with Gasteiger partial charge in [-0.05, 0) is 83.8 Å². The van der Waals surface area contributed by atoms with Crippen LogP contribution in [0.1, 0.15) is 96.5 Å². The highest BCUT2D eigenvalue weighted by atomic mass is 32.2. The highest BCUT2D eigenvalue weighted by Gasteiger charge is 2.63. The fraction of sp³-hybridized carbons (Fsp3) is 0.632. The summed E-state index contributed by atoms with van der Waals surface area (Å²) < 4.78 is 46.0. The van der Waals surface area contributed by atoms with Crippen LogP contribution in [0.25, 0.3) is 10.9 Å². The first-order valence-corrected chi connectivity index (χ1v) is 20.0. The van der Waals surface area contributed by atoms with Gasteiger partial charge in [0.15, 0.2) is 0 Å². The molecule has 5 aliphatic rings. The summed E-state index contributed by atoms with van der Waals surface area (Å²) >= 11 is 0. The van der Waals surface area contributed by atoms with E-state index in [9.17, 15) is 22.8 Å². The van der Waals surface area contributed by atoms with Gasteiger partial charge in [-0.15, -0.1) is 0 Å². The van der Waals surface area contributed by atoms with E-state index < -0.39 is 44.3 Å². The summed E-state index contributed by atoms with van der Waals surface area (Å²) in [6, 6.07) is 4.63. The van der Waals surface area contributed by atoms with Crippen molar-refractivity contribution in [2.24, 2.45) is 11.8 Å². The van der Waals surface area contributed by atoms with Crippen LogP contribution >= 0.6 is 0 Å². The van der Waals surface area contributed by atoms with E-state index >= 15 is 0 Å². The first-order valence-electron chi connectivity index (χ1n) is 18.5. The number of nitrogens with zero attached hydrogens (tertiary/aromatic N) is 2. The molecule has 5 atom stereocenters. The smallest absolute Gasteiger partial charge is 0.259 e. The van der Waals surface area contributed by atoms with E-state index in [1.54, 1.807) is 25.0 Å². The zero-order valence-electron chi connectivity index (χ0n) is 30.0. The predicted molar refractivity (Wildman–Crippen MR) is 191 cm³/mol. The minimum Gasteiger partial charge on any atom is -0.496 e. The van der Waals surface area contributed by atoms with Gasteiger partial charge in [-0.3, -0.25) is 19.1 Å². The maximum atomic E-state index is 14.3. The maximum Gasteiger partial charge on any atom is 0.259 e. The number of rotatable bonds is 8. The van der Waals surface area contributed by atoms with E-state index in [0.717, 1.165) is 55.9 Å². The first-order chi connectivity index (χ1) is 24.3. The van der Waals surface area contributed by atoms with Crippen molar-refractivity contribution in [1.82, 2.24) is 19.9 Å². The van der Waals surface area contributed by atoms with Gasteiger partial charge in [-0.25, -0.2) is 13.4 Å². The molecule has 2 aromatic rings. The molecule has 2 aliphatic heterocycles. The van der Waals surface area contributed by atoms with Gasteiger partial charge in [0.2, 0.25) is 27.7 Å². The van der Waals surface area contributed by atoms with Gasteiger partial charge in [0.1, 0.15) is 35.3 Å². The summed E-state index contributed by atoms with van der Waals surface area (Å²) in [7, 11) is -2.31. The van der Waals surface area contributed by atoms with Gasteiger partial charge >= 0.3 is 0 Å². The Morgan fingerprint density at radius 3 is 2.53 bits per heavy atom. The second kappa shape index (κ2) is 13.6.